The van der Waals surface area contributed by atoms with Crippen molar-refractivity contribution in [2.24, 2.45) is 0 Å². The normalized spacial score (nSPS) is 14.9. The van der Waals surface area contributed by atoms with Crippen LogP contribution in [-0.2, 0) is 12.7 Å². The van der Waals surface area contributed by atoms with Gasteiger partial charge in [0.05, 0.1) is 22.9 Å². The SMILES string of the molecule is Cc1cc(Cl)cc(-c2ccnc3cc(Cn4c(C(F)(F)F)cccc4=O)sc23)c1OC1CCCCC1. The third kappa shape index (κ3) is 5.02. The number of ether oxygens (including phenoxy) is 1. The van der Waals surface area contributed by atoms with Crippen LogP contribution in [0.2, 0.25) is 5.02 Å². The van der Waals surface area contributed by atoms with E-state index in [4.69, 9.17) is 16.3 Å². The highest BCUT2D eigenvalue weighted by Crippen LogP contribution is 2.42. The molecule has 1 saturated carbocycles. The average Bonchev–Trinajstić information content (AvgIpc) is 3.24. The molecular weight excluding hydrogens is 509 g/mol. The number of thiophene rings is 1. The maximum Gasteiger partial charge on any atom is 0.431 e. The molecule has 3 heterocycles. The highest BCUT2D eigenvalue weighted by Gasteiger charge is 2.34. The molecular formula is C27H24ClF3N2O2S. The monoisotopic (exact) mass is 532 g/mol. The number of pyridine rings is 2. The van der Waals surface area contributed by atoms with Gasteiger partial charge in [-0.1, -0.05) is 24.1 Å². The number of hydrogen-bond donors (Lipinski definition) is 0. The van der Waals surface area contributed by atoms with Crippen molar-refractivity contribution in [1.82, 2.24) is 9.55 Å². The Morgan fingerprint density at radius 1 is 1.11 bits per heavy atom. The fourth-order valence-corrected chi connectivity index (χ4v) is 6.20. The van der Waals surface area contributed by atoms with Crippen LogP contribution < -0.4 is 10.3 Å². The second kappa shape index (κ2) is 9.90. The molecule has 0 bridgehead atoms. The van der Waals surface area contributed by atoms with Crippen molar-refractivity contribution in [1.29, 1.82) is 0 Å². The molecule has 1 aliphatic carbocycles. The molecule has 0 amide bonds. The number of fused-ring (bicyclic) bond motifs is 1. The lowest BCUT2D eigenvalue weighted by Crippen LogP contribution is -2.27. The Labute approximate surface area is 215 Å². The Kier molecular flexibility index (Phi) is 6.83. The number of aryl methyl sites for hydroxylation is 1. The summed E-state index contributed by atoms with van der Waals surface area (Å²) in [5, 5.41) is 0.575. The zero-order chi connectivity index (χ0) is 25.4. The summed E-state index contributed by atoms with van der Waals surface area (Å²) in [6, 6.07) is 10.5. The largest absolute Gasteiger partial charge is 0.490 e. The predicted octanol–water partition coefficient (Wildman–Crippen LogP) is 7.87. The van der Waals surface area contributed by atoms with Crippen LogP contribution >= 0.6 is 22.9 Å². The van der Waals surface area contributed by atoms with E-state index in [9.17, 15) is 18.0 Å². The first-order valence-corrected chi connectivity index (χ1v) is 13.0. The van der Waals surface area contributed by atoms with Crippen LogP contribution in [0, 0.1) is 6.92 Å². The number of nitrogens with zero attached hydrogens (tertiary/aromatic N) is 2. The van der Waals surface area contributed by atoms with Crippen molar-refractivity contribution in [3.8, 4) is 16.9 Å². The molecule has 0 radical (unpaired) electrons. The lowest BCUT2D eigenvalue weighted by molar-refractivity contribution is -0.144. The molecule has 0 atom stereocenters. The second-order valence-electron chi connectivity index (χ2n) is 9.10. The van der Waals surface area contributed by atoms with E-state index in [-0.39, 0.29) is 12.6 Å². The minimum Gasteiger partial charge on any atom is -0.490 e. The van der Waals surface area contributed by atoms with Gasteiger partial charge in [-0.2, -0.15) is 13.2 Å². The number of rotatable bonds is 5. The molecule has 0 N–H and O–H groups in total. The first-order chi connectivity index (χ1) is 17.2. The summed E-state index contributed by atoms with van der Waals surface area (Å²) in [7, 11) is 0. The van der Waals surface area contributed by atoms with Crippen molar-refractivity contribution in [3.05, 3.63) is 80.2 Å². The van der Waals surface area contributed by atoms with E-state index in [0.717, 1.165) is 75.6 Å². The third-order valence-electron chi connectivity index (χ3n) is 6.48. The van der Waals surface area contributed by atoms with Gasteiger partial charge in [-0.3, -0.25) is 14.3 Å². The summed E-state index contributed by atoms with van der Waals surface area (Å²) in [6.07, 6.45) is 2.68. The molecule has 4 aromatic rings. The summed E-state index contributed by atoms with van der Waals surface area (Å²) >= 11 is 7.76. The Morgan fingerprint density at radius 3 is 2.64 bits per heavy atom. The topological polar surface area (TPSA) is 44.1 Å². The van der Waals surface area contributed by atoms with E-state index < -0.39 is 17.4 Å². The van der Waals surface area contributed by atoms with E-state index >= 15 is 0 Å². The zero-order valence-corrected chi connectivity index (χ0v) is 21.1. The first-order valence-electron chi connectivity index (χ1n) is 11.8. The van der Waals surface area contributed by atoms with Crippen LogP contribution in [0.5, 0.6) is 5.75 Å². The van der Waals surface area contributed by atoms with Gasteiger partial charge in [0.2, 0.25) is 0 Å². The Bertz CT molecular complexity index is 1470. The summed E-state index contributed by atoms with van der Waals surface area (Å²) in [6.45, 7) is 1.77. The standard InChI is InChI=1S/C27H24ClF3N2O2S/c1-16-12-17(28)13-21(25(16)35-18-6-3-2-4-7-18)20-10-11-32-22-14-19(36-26(20)22)15-33-23(27(29,30)31)8-5-9-24(33)34/h5,8-14,18H,2-4,6-7,15H2,1H3. The van der Waals surface area contributed by atoms with Crippen molar-refractivity contribution < 1.29 is 17.9 Å². The summed E-state index contributed by atoms with van der Waals surface area (Å²) in [4.78, 5) is 17.4. The number of benzene rings is 1. The molecule has 1 aliphatic rings. The molecule has 9 heteroatoms. The number of aromatic nitrogens is 2. The van der Waals surface area contributed by atoms with Crippen molar-refractivity contribution in [2.45, 2.75) is 57.9 Å². The molecule has 1 fully saturated rings. The zero-order valence-electron chi connectivity index (χ0n) is 19.6. The molecule has 1 aromatic carbocycles. The third-order valence-corrected chi connectivity index (χ3v) is 7.84. The smallest absolute Gasteiger partial charge is 0.431 e. The molecule has 36 heavy (non-hydrogen) atoms. The fraction of sp³-hybridized carbons (Fsp3) is 0.333. The van der Waals surface area contributed by atoms with Gasteiger partial charge in [0.15, 0.2) is 0 Å². The van der Waals surface area contributed by atoms with Crippen LogP contribution in [-0.4, -0.2) is 15.7 Å². The average molecular weight is 533 g/mol. The van der Waals surface area contributed by atoms with Gasteiger partial charge in [0, 0.05) is 33.3 Å². The highest BCUT2D eigenvalue weighted by atomic mass is 35.5. The molecule has 188 valence electrons. The van der Waals surface area contributed by atoms with E-state index in [1.165, 1.54) is 17.8 Å². The number of hydrogen-bond acceptors (Lipinski definition) is 4. The molecule has 0 aliphatic heterocycles. The van der Waals surface area contributed by atoms with Gasteiger partial charge in [-0.25, -0.2) is 0 Å². The van der Waals surface area contributed by atoms with Gasteiger partial charge in [0.1, 0.15) is 11.4 Å². The fourth-order valence-electron chi connectivity index (χ4n) is 4.80. The van der Waals surface area contributed by atoms with E-state index in [2.05, 4.69) is 4.98 Å². The van der Waals surface area contributed by atoms with Crippen LogP contribution in [0.1, 0.15) is 48.2 Å². The van der Waals surface area contributed by atoms with E-state index in [0.29, 0.717) is 15.4 Å². The molecule has 4 nitrogen and oxygen atoms in total. The molecule has 0 spiro atoms. The first kappa shape index (κ1) is 24.8. The Hall–Kier alpha value is -2.84. The quantitative estimate of drug-likeness (QED) is 0.263. The van der Waals surface area contributed by atoms with E-state index in [1.54, 1.807) is 12.3 Å². The Balaban J connectivity index is 1.58. The molecule has 0 unspecified atom stereocenters. The minimum absolute atomic E-state index is 0.138. The van der Waals surface area contributed by atoms with Gasteiger partial charge in [-0.05, 0) is 68.5 Å². The van der Waals surface area contributed by atoms with Gasteiger partial charge >= 0.3 is 6.18 Å². The molecule has 5 rings (SSSR count). The van der Waals surface area contributed by atoms with Crippen molar-refractivity contribution in [2.75, 3.05) is 0 Å². The van der Waals surface area contributed by atoms with Gasteiger partial charge < -0.3 is 4.74 Å². The summed E-state index contributed by atoms with van der Waals surface area (Å²) in [5.74, 6) is 0.771. The number of halogens is 4. The van der Waals surface area contributed by atoms with Gasteiger partial charge in [-0.15, -0.1) is 11.3 Å². The van der Waals surface area contributed by atoms with E-state index in [1.807, 2.05) is 25.1 Å². The minimum atomic E-state index is -4.63. The van der Waals surface area contributed by atoms with Crippen LogP contribution in [0.25, 0.3) is 21.3 Å². The van der Waals surface area contributed by atoms with Crippen molar-refractivity contribution in [3.63, 3.8) is 0 Å². The molecule has 3 aromatic heterocycles. The highest BCUT2D eigenvalue weighted by molar-refractivity contribution is 7.19. The maximum atomic E-state index is 13.5. The number of alkyl halides is 3. The molecule has 0 saturated heterocycles. The Morgan fingerprint density at radius 2 is 1.89 bits per heavy atom. The van der Waals surface area contributed by atoms with Gasteiger partial charge in [0.25, 0.3) is 5.56 Å². The lowest BCUT2D eigenvalue weighted by Gasteiger charge is -2.25. The summed E-state index contributed by atoms with van der Waals surface area (Å²) in [5.41, 5.74) is 1.57. The maximum absolute atomic E-state index is 13.5. The lowest BCUT2D eigenvalue weighted by atomic mass is 9.97. The van der Waals surface area contributed by atoms with Crippen LogP contribution in [0.15, 0.2) is 53.5 Å². The second-order valence-corrected chi connectivity index (χ2v) is 10.7. The summed E-state index contributed by atoms with van der Waals surface area (Å²) < 4.78 is 48.7. The predicted molar refractivity (Wildman–Crippen MR) is 137 cm³/mol. The van der Waals surface area contributed by atoms with Crippen molar-refractivity contribution >= 4 is 33.2 Å². The van der Waals surface area contributed by atoms with Crippen LogP contribution in [0.4, 0.5) is 13.2 Å². The van der Waals surface area contributed by atoms with Crippen LogP contribution in [0.3, 0.4) is 0 Å².